The number of hydrogen-bond donors (Lipinski definition) is 1. The molecule has 7 heteroatoms. The van der Waals surface area contributed by atoms with Gasteiger partial charge < -0.3 is 19.5 Å². The van der Waals surface area contributed by atoms with E-state index >= 15 is 0 Å². The van der Waals surface area contributed by atoms with Crippen LogP contribution in [0.4, 0.5) is 11.4 Å². The fourth-order valence-electron chi connectivity index (χ4n) is 4.03. The lowest BCUT2D eigenvalue weighted by atomic mass is 9.78. The number of non-ortho nitro benzene ring substituents is 1. The van der Waals surface area contributed by atoms with Gasteiger partial charge in [0.15, 0.2) is 0 Å². The van der Waals surface area contributed by atoms with Crippen LogP contribution in [0.3, 0.4) is 0 Å². The molecule has 0 saturated heterocycles. The van der Waals surface area contributed by atoms with E-state index in [9.17, 15) is 20.0 Å². The van der Waals surface area contributed by atoms with Gasteiger partial charge >= 0.3 is 0 Å². The van der Waals surface area contributed by atoms with Gasteiger partial charge in [-0.15, -0.1) is 0 Å². The topological polar surface area (TPSA) is 92.9 Å². The number of phenolic OH excluding ortho intramolecular Hbond substituents is 1. The molecule has 0 amide bonds. The highest BCUT2D eigenvalue weighted by Crippen LogP contribution is 2.48. The van der Waals surface area contributed by atoms with Crippen LogP contribution in [0.15, 0.2) is 36.4 Å². The van der Waals surface area contributed by atoms with Crippen LogP contribution in [0.2, 0.25) is 0 Å². The molecule has 7 nitrogen and oxygen atoms in total. The monoisotopic (exact) mass is 414 g/mol. The lowest BCUT2D eigenvalue weighted by Crippen LogP contribution is -2.28. The summed E-state index contributed by atoms with van der Waals surface area (Å²) in [6, 6.07) is 10.1. The minimum atomic E-state index is -0.799. The fourth-order valence-corrected chi connectivity index (χ4v) is 4.03. The van der Waals surface area contributed by atoms with Crippen LogP contribution >= 0.6 is 0 Å². The van der Waals surface area contributed by atoms with E-state index in [0.29, 0.717) is 30.6 Å². The van der Waals surface area contributed by atoms with Gasteiger partial charge in [-0.2, -0.15) is 0 Å². The molecule has 0 aromatic heterocycles. The highest BCUT2D eigenvalue weighted by atomic mass is 16.6. The summed E-state index contributed by atoms with van der Waals surface area (Å²) < 4.78 is 5.17. The van der Waals surface area contributed by atoms with Crippen molar-refractivity contribution in [2.45, 2.75) is 51.5 Å². The van der Waals surface area contributed by atoms with Crippen molar-refractivity contribution in [3.63, 3.8) is 0 Å². The Balaban J connectivity index is 0.00000155. The summed E-state index contributed by atoms with van der Waals surface area (Å²) in [5.74, 6) is 0.560. The number of rotatable bonds is 7. The van der Waals surface area contributed by atoms with Crippen molar-refractivity contribution in [1.82, 2.24) is 0 Å². The molecular weight excluding hydrogens is 384 g/mol. The molecule has 0 heterocycles. The molecule has 0 radical (unpaired) electrons. The van der Waals surface area contributed by atoms with Gasteiger partial charge in [-0.05, 0) is 36.1 Å². The number of anilines is 1. The number of ether oxygens (including phenoxy) is 1. The van der Waals surface area contributed by atoms with Crippen molar-refractivity contribution in [3.8, 4) is 11.5 Å². The summed E-state index contributed by atoms with van der Waals surface area (Å²) in [7, 11) is 3.41. The second-order valence-corrected chi connectivity index (χ2v) is 7.30. The van der Waals surface area contributed by atoms with Crippen LogP contribution in [-0.4, -0.2) is 30.5 Å². The summed E-state index contributed by atoms with van der Waals surface area (Å²) in [6.07, 6.45) is 3.90. The molecule has 162 valence electrons. The van der Waals surface area contributed by atoms with Crippen molar-refractivity contribution in [2.24, 2.45) is 0 Å². The summed E-state index contributed by atoms with van der Waals surface area (Å²) in [5.41, 5.74) is 0.978. The molecule has 1 aliphatic carbocycles. The van der Waals surface area contributed by atoms with E-state index in [0.717, 1.165) is 36.5 Å². The number of carbonyl (C=O) groups is 1. The molecular formula is C23H30N2O5. The van der Waals surface area contributed by atoms with E-state index < -0.39 is 10.3 Å². The average Bonchev–Trinajstić information content (AvgIpc) is 3.25. The molecule has 30 heavy (non-hydrogen) atoms. The number of methoxy groups -OCH3 is 1. The number of carbonyl (C=O) groups excluding carboxylic acids is 1. The van der Waals surface area contributed by atoms with Gasteiger partial charge in [0.25, 0.3) is 5.69 Å². The summed E-state index contributed by atoms with van der Waals surface area (Å²) in [6.45, 7) is 4.47. The zero-order valence-electron chi connectivity index (χ0n) is 18.1. The fraction of sp³-hybridized carbons (Fsp3) is 0.435. The molecule has 2 aromatic rings. The van der Waals surface area contributed by atoms with E-state index in [2.05, 4.69) is 0 Å². The molecule has 1 aliphatic rings. The Bertz CT molecular complexity index is 874. The normalized spacial score (nSPS) is 14.4. The van der Waals surface area contributed by atoms with Gasteiger partial charge in [0.05, 0.1) is 29.2 Å². The van der Waals surface area contributed by atoms with E-state index in [4.69, 9.17) is 4.74 Å². The van der Waals surface area contributed by atoms with Crippen LogP contribution in [0, 0.1) is 10.1 Å². The van der Waals surface area contributed by atoms with Gasteiger partial charge in [0.1, 0.15) is 17.8 Å². The first-order chi connectivity index (χ1) is 14.4. The quantitative estimate of drug-likeness (QED) is 0.390. The van der Waals surface area contributed by atoms with E-state index in [1.54, 1.807) is 7.11 Å². The Morgan fingerprint density at radius 1 is 1.20 bits per heavy atom. The largest absolute Gasteiger partial charge is 0.506 e. The third kappa shape index (κ3) is 4.72. The Morgan fingerprint density at radius 3 is 2.30 bits per heavy atom. The first-order valence-electron chi connectivity index (χ1n) is 10.2. The smallest absolute Gasteiger partial charge is 0.273 e. The molecule has 2 aromatic carbocycles. The molecule has 0 spiro atoms. The zero-order valence-corrected chi connectivity index (χ0v) is 18.1. The molecule has 0 unspecified atom stereocenters. The lowest BCUT2D eigenvalue weighted by molar-refractivity contribution is -0.385. The van der Waals surface area contributed by atoms with Crippen molar-refractivity contribution in [3.05, 3.63) is 57.6 Å². The van der Waals surface area contributed by atoms with E-state index in [1.807, 2.05) is 50.1 Å². The van der Waals surface area contributed by atoms with Crippen LogP contribution in [-0.2, 0) is 16.8 Å². The Morgan fingerprint density at radius 2 is 1.80 bits per heavy atom. The van der Waals surface area contributed by atoms with Crippen LogP contribution < -0.4 is 9.64 Å². The maximum Gasteiger partial charge on any atom is 0.273 e. The standard InChI is InChI=1S/C21H24N2O5.C2H6/c1-22(13-15-5-7-17(28-2)8-6-15)20-18(21(14-24)9-3-4-10-21)11-16(23(26)27)12-19(20)25;1-2/h5-8,11-12,14,25H,3-4,9-10,13H2,1-2H3;1-2H3. The summed E-state index contributed by atoms with van der Waals surface area (Å²) in [4.78, 5) is 24.7. The minimum Gasteiger partial charge on any atom is -0.506 e. The van der Waals surface area contributed by atoms with Gasteiger partial charge in [0.2, 0.25) is 0 Å². The van der Waals surface area contributed by atoms with Gasteiger partial charge in [-0.25, -0.2) is 0 Å². The van der Waals surface area contributed by atoms with Gasteiger partial charge in [0, 0.05) is 19.7 Å². The zero-order chi connectivity index (χ0) is 22.3. The molecule has 1 saturated carbocycles. The number of phenols is 1. The van der Waals surface area contributed by atoms with E-state index in [-0.39, 0.29) is 11.4 Å². The minimum absolute atomic E-state index is 0.187. The molecule has 3 rings (SSSR count). The van der Waals surface area contributed by atoms with Crippen LogP contribution in [0.25, 0.3) is 0 Å². The number of benzene rings is 2. The molecule has 0 bridgehead atoms. The Kier molecular flexibility index (Phi) is 7.80. The molecule has 0 atom stereocenters. The summed E-state index contributed by atoms with van der Waals surface area (Å²) >= 11 is 0. The predicted octanol–water partition coefficient (Wildman–Crippen LogP) is 4.98. The van der Waals surface area contributed by atoms with Crippen LogP contribution in [0.5, 0.6) is 11.5 Å². The number of hydrogen-bond acceptors (Lipinski definition) is 6. The van der Waals surface area contributed by atoms with Crippen molar-refractivity contribution in [2.75, 3.05) is 19.1 Å². The number of nitro groups is 1. The predicted molar refractivity (Wildman–Crippen MR) is 117 cm³/mol. The van der Waals surface area contributed by atoms with Gasteiger partial charge in [-0.1, -0.05) is 38.8 Å². The molecule has 1 N–H and O–H groups in total. The second kappa shape index (κ2) is 10.1. The van der Waals surface area contributed by atoms with Crippen molar-refractivity contribution < 1.29 is 19.6 Å². The maximum absolute atomic E-state index is 12.0. The Hall–Kier alpha value is -3.09. The van der Waals surface area contributed by atoms with E-state index in [1.165, 1.54) is 6.07 Å². The van der Waals surface area contributed by atoms with Gasteiger partial charge in [-0.3, -0.25) is 10.1 Å². The maximum atomic E-state index is 12.0. The SMILES string of the molecule is CC.COc1ccc(CN(C)c2c(O)cc([N+](=O)[O-])cc2C2(C=O)CCCC2)cc1. The highest BCUT2D eigenvalue weighted by molar-refractivity contribution is 5.79. The second-order valence-electron chi connectivity index (χ2n) is 7.30. The Labute approximate surface area is 177 Å². The van der Waals surface area contributed by atoms with Crippen molar-refractivity contribution in [1.29, 1.82) is 0 Å². The summed E-state index contributed by atoms with van der Waals surface area (Å²) in [5, 5.41) is 22.0. The lowest BCUT2D eigenvalue weighted by Gasteiger charge is -2.30. The third-order valence-electron chi connectivity index (χ3n) is 5.50. The average molecular weight is 415 g/mol. The molecule has 0 aliphatic heterocycles. The number of nitro benzene ring substituents is 1. The first-order valence-corrected chi connectivity index (χ1v) is 10.2. The number of nitrogens with zero attached hydrogens (tertiary/aromatic N) is 2. The number of aldehydes is 1. The third-order valence-corrected chi connectivity index (χ3v) is 5.50. The van der Waals surface area contributed by atoms with Crippen LogP contribution in [0.1, 0.15) is 50.7 Å². The highest BCUT2D eigenvalue weighted by Gasteiger charge is 2.40. The van der Waals surface area contributed by atoms with Crippen molar-refractivity contribution >= 4 is 17.7 Å². The molecule has 1 fully saturated rings. The number of aromatic hydroxyl groups is 1. The first kappa shape index (κ1) is 23.2.